The second-order valence-electron chi connectivity index (χ2n) is 3.52. The minimum Gasteiger partial charge on any atom is -0.384 e. The van der Waals surface area contributed by atoms with Crippen molar-refractivity contribution in [2.75, 3.05) is 5.73 Å². The lowest BCUT2D eigenvalue weighted by molar-refractivity contribution is 0.0555. The first-order valence-corrected chi connectivity index (χ1v) is 4.08. The Hall–Kier alpha value is -1.09. The summed E-state index contributed by atoms with van der Waals surface area (Å²) in [4.78, 5) is 4.13. The van der Waals surface area contributed by atoms with Gasteiger partial charge in [0.15, 0.2) is 0 Å². The molecule has 12 heavy (non-hydrogen) atoms. The second kappa shape index (κ2) is 2.20. The topological polar surface area (TPSA) is 59.1 Å². The Labute approximate surface area is 71.2 Å². The SMILES string of the molecule is C[C@@]1(O)CCc2ccc(N)nc21. The quantitative estimate of drug-likeness (QED) is 0.596. The summed E-state index contributed by atoms with van der Waals surface area (Å²) in [6.45, 7) is 1.78. The summed E-state index contributed by atoms with van der Waals surface area (Å²) in [6.07, 6.45) is 1.65. The van der Waals surface area contributed by atoms with E-state index in [9.17, 15) is 5.11 Å². The largest absolute Gasteiger partial charge is 0.384 e. The zero-order valence-electron chi connectivity index (χ0n) is 7.04. The van der Waals surface area contributed by atoms with Crippen LogP contribution in [0.2, 0.25) is 0 Å². The maximum atomic E-state index is 9.85. The minimum absolute atomic E-state index is 0.482. The van der Waals surface area contributed by atoms with Crippen LogP contribution in [0.5, 0.6) is 0 Å². The van der Waals surface area contributed by atoms with E-state index in [2.05, 4.69) is 4.98 Å². The third kappa shape index (κ3) is 0.975. The number of rotatable bonds is 0. The van der Waals surface area contributed by atoms with Gasteiger partial charge in [0.25, 0.3) is 0 Å². The lowest BCUT2D eigenvalue weighted by atomic mass is 10.0. The van der Waals surface area contributed by atoms with Crippen molar-refractivity contribution in [3.63, 3.8) is 0 Å². The second-order valence-corrected chi connectivity index (χ2v) is 3.52. The van der Waals surface area contributed by atoms with E-state index in [4.69, 9.17) is 5.73 Å². The van der Waals surface area contributed by atoms with E-state index < -0.39 is 5.60 Å². The van der Waals surface area contributed by atoms with E-state index in [1.165, 1.54) is 0 Å². The molecule has 1 atom stereocenters. The first-order valence-electron chi connectivity index (χ1n) is 4.08. The predicted molar refractivity (Wildman–Crippen MR) is 46.5 cm³/mol. The molecule has 0 bridgehead atoms. The Morgan fingerprint density at radius 2 is 2.33 bits per heavy atom. The number of hydrogen-bond acceptors (Lipinski definition) is 3. The summed E-state index contributed by atoms with van der Waals surface area (Å²) in [5.41, 5.74) is 6.63. The number of hydrogen-bond donors (Lipinski definition) is 2. The van der Waals surface area contributed by atoms with Crippen LogP contribution in [0.4, 0.5) is 5.82 Å². The van der Waals surface area contributed by atoms with Crippen molar-refractivity contribution in [1.82, 2.24) is 4.98 Å². The average molecular weight is 164 g/mol. The molecule has 64 valence electrons. The van der Waals surface area contributed by atoms with Gasteiger partial charge in [-0.25, -0.2) is 4.98 Å². The van der Waals surface area contributed by atoms with Gasteiger partial charge in [-0.2, -0.15) is 0 Å². The summed E-state index contributed by atoms with van der Waals surface area (Å²) in [6, 6.07) is 3.72. The van der Waals surface area contributed by atoms with Crippen LogP contribution in [0, 0.1) is 0 Å². The molecule has 3 nitrogen and oxygen atoms in total. The molecule has 1 aromatic heterocycles. The number of aromatic nitrogens is 1. The summed E-state index contributed by atoms with van der Waals surface area (Å²) in [5.74, 6) is 0.482. The van der Waals surface area contributed by atoms with Crippen LogP contribution in [0.25, 0.3) is 0 Å². The van der Waals surface area contributed by atoms with Crippen LogP contribution >= 0.6 is 0 Å². The number of anilines is 1. The number of pyridine rings is 1. The maximum Gasteiger partial charge on any atom is 0.123 e. The van der Waals surface area contributed by atoms with Gasteiger partial charge in [-0.15, -0.1) is 0 Å². The zero-order valence-corrected chi connectivity index (χ0v) is 7.04. The summed E-state index contributed by atoms with van der Waals surface area (Å²) < 4.78 is 0. The molecular weight excluding hydrogens is 152 g/mol. The fourth-order valence-electron chi connectivity index (χ4n) is 1.67. The lowest BCUT2D eigenvalue weighted by Crippen LogP contribution is -2.18. The van der Waals surface area contributed by atoms with Crippen LogP contribution < -0.4 is 5.73 Å². The monoisotopic (exact) mass is 164 g/mol. The van der Waals surface area contributed by atoms with Crippen LogP contribution in [0.15, 0.2) is 12.1 Å². The first kappa shape index (κ1) is 7.55. The predicted octanol–water partition coefficient (Wildman–Crippen LogP) is 0.817. The molecule has 0 aliphatic heterocycles. The minimum atomic E-state index is -0.773. The van der Waals surface area contributed by atoms with Crippen LogP contribution in [-0.2, 0) is 12.0 Å². The van der Waals surface area contributed by atoms with Crippen molar-refractivity contribution >= 4 is 5.82 Å². The third-order valence-corrected chi connectivity index (χ3v) is 2.39. The third-order valence-electron chi connectivity index (χ3n) is 2.39. The first-order chi connectivity index (χ1) is 5.59. The standard InChI is InChI=1S/C9H12N2O/c1-9(12)5-4-6-2-3-7(10)11-8(6)9/h2-3,12H,4-5H2,1H3,(H2,10,11)/t9-/m1/s1. The molecule has 0 amide bonds. The number of nitrogens with two attached hydrogens (primary N) is 1. The molecule has 0 unspecified atom stereocenters. The fourth-order valence-corrected chi connectivity index (χ4v) is 1.67. The molecule has 3 heteroatoms. The Balaban J connectivity index is 2.57. The molecule has 0 fully saturated rings. The van der Waals surface area contributed by atoms with E-state index >= 15 is 0 Å². The molecule has 3 N–H and O–H groups in total. The number of aliphatic hydroxyl groups is 1. The van der Waals surface area contributed by atoms with Crippen molar-refractivity contribution in [3.05, 3.63) is 23.4 Å². The van der Waals surface area contributed by atoms with E-state index in [1.807, 2.05) is 6.07 Å². The highest BCUT2D eigenvalue weighted by molar-refractivity contribution is 5.39. The number of aryl methyl sites for hydroxylation is 1. The summed E-state index contributed by atoms with van der Waals surface area (Å²) >= 11 is 0. The number of fused-ring (bicyclic) bond motifs is 1. The molecule has 0 saturated carbocycles. The molecule has 0 radical (unpaired) electrons. The van der Waals surface area contributed by atoms with Gasteiger partial charge < -0.3 is 10.8 Å². The van der Waals surface area contributed by atoms with Crippen LogP contribution in [0.3, 0.4) is 0 Å². The smallest absolute Gasteiger partial charge is 0.123 e. The molecule has 1 aromatic rings. The highest BCUT2D eigenvalue weighted by Crippen LogP contribution is 2.34. The van der Waals surface area contributed by atoms with Crippen LogP contribution in [-0.4, -0.2) is 10.1 Å². The zero-order chi connectivity index (χ0) is 8.77. The van der Waals surface area contributed by atoms with E-state index in [0.29, 0.717) is 5.82 Å². The Bertz CT molecular complexity index is 320. The highest BCUT2D eigenvalue weighted by atomic mass is 16.3. The Morgan fingerprint density at radius 3 is 3.08 bits per heavy atom. The molecule has 1 aliphatic carbocycles. The normalized spacial score (nSPS) is 27.2. The fraction of sp³-hybridized carbons (Fsp3) is 0.444. The lowest BCUT2D eigenvalue weighted by Gasteiger charge is -2.15. The molecule has 0 saturated heterocycles. The van der Waals surface area contributed by atoms with Gasteiger partial charge in [-0.05, 0) is 31.4 Å². The summed E-state index contributed by atoms with van der Waals surface area (Å²) in [5, 5.41) is 9.85. The van der Waals surface area contributed by atoms with Gasteiger partial charge in [0.1, 0.15) is 11.4 Å². The van der Waals surface area contributed by atoms with Gasteiger partial charge in [0.2, 0.25) is 0 Å². The van der Waals surface area contributed by atoms with Crippen molar-refractivity contribution in [2.45, 2.75) is 25.4 Å². The van der Waals surface area contributed by atoms with Crippen LogP contribution in [0.1, 0.15) is 24.6 Å². The Kier molecular flexibility index (Phi) is 1.38. The van der Waals surface area contributed by atoms with Gasteiger partial charge in [0.05, 0.1) is 5.69 Å². The van der Waals surface area contributed by atoms with Gasteiger partial charge in [0, 0.05) is 0 Å². The average Bonchev–Trinajstić information content (AvgIpc) is 2.28. The van der Waals surface area contributed by atoms with E-state index in [0.717, 1.165) is 24.1 Å². The molecule has 0 aromatic carbocycles. The van der Waals surface area contributed by atoms with Crippen molar-refractivity contribution in [1.29, 1.82) is 0 Å². The van der Waals surface area contributed by atoms with Gasteiger partial charge in [-0.3, -0.25) is 0 Å². The molecule has 0 spiro atoms. The molecular formula is C9H12N2O. The summed E-state index contributed by atoms with van der Waals surface area (Å²) in [7, 11) is 0. The van der Waals surface area contributed by atoms with E-state index in [-0.39, 0.29) is 0 Å². The molecule has 1 aliphatic rings. The van der Waals surface area contributed by atoms with Crippen molar-refractivity contribution in [2.24, 2.45) is 0 Å². The van der Waals surface area contributed by atoms with Crippen molar-refractivity contribution < 1.29 is 5.11 Å². The molecule has 2 rings (SSSR count). The number of nitrogen functional groups attached to an aromatic ring is 1. The van der Waals surface area contributed by atoms with Gasteiger partial charge in [-0.1, -0.05) is 6.07 Å². The maximum absolute atomic E-state index is 9.85. The van der Waals surface area contributed by atoms with Gasteiger partial charge >= 0.3 is 0 Å². The Morgan fingerprint density at radius 1 is 1.58 bits per heavy atom. The van der Waals surface area contributed by atoms with Crippen molar-refractivity contribution in [3.8, 4) is 0 Å². The number of nitrogens with zero attached hydrogens (tertiary/aromatic N) is 1. The highest BCUT2D eigenvalue weighted by Gasteiger charge is 2.33. The molecule has 1 heterocycles. The van der Waals surface area contributed by atoms with E-state index in [1.54, 1.807) is 13.0 Å².